The molecule has 0 saturated carbocycles. The maximum Gasteiger partial charge on any atom is 0.255 e. The SMILES string of the molecule is N#Cc1cccc(C(=O)Nc2ccc(C3OCC(=O)N(Cc4cccnc4)C3CO)cc2)c1. The Kier molecular flexibility index (Phi) is 6.74. The van der Waals surface area contributed by atoms with Gasteiger partial charge in [0.05, 0.1) is 24.3 Å². The molecule has 8 heteroatoms. The smallest absolute Gasteiger partial charge is 0.255 e. The number of benzene rings is 2. The molecule has 0 radical (unpaired) electrons. The number of ether oxygens (including phenoxy) is 1. The van der Waals surface area contributed by atoms with E-state index in [2.05, 4.69) is 10.3 Å². The van der Waals surface area contributed by atoms with Crippen LogP contribution in [0.2, 0.25) is 0 Å². The lowest BCUT2D eigenvalue weighted by Crippen LogP contribution is -2.52. The van der Waals surface area contributed by atoms with Gasteiger partial charge in [0.2, 0.25) is 5.91 Å². The summed E-state index contributed by atoms with van der Waals surface area (Å²) in [5.41, 5.74) is 3.02. The van der Waals surface area contributed by atoms with E-state index in [9.17, 15) is 14.7 Å². The number of aromatic nitrogens is 1. The molecule has 1 saturated heterocycles. The molecular formula is C25H22N4O4. The van der Waals surface area contributed by atoms with Crippen LogP contribution in [0, 0.1) is 11.3 Å². The van der Waals surface area contributed by atoms with Crippen LogP contribution in [0.4, 0.5) is 5.69 Å². The van der Waals surface area contributed by atoms with Gasteiger partial charge in [0.1, 0.15) is 12.7 Å². The Morgan fingerprint density at radius 3 is 2.73 bits per heavy atom. The molecule has 2 unspecified atom stereocenters. The monoisotopic (exact) mass is 442 g/mol. The highest BCUT2D eigenvalue weighted by Gasteiger charge is 2.37. The van der Waals surface area contributed by atoms with Gasteiger partial charge in [-0.15, -0.1) is 0 Å². The number of carbonyl (C=O) groups excluding carboxylic acids is 2. The van der Waals surface area contributed by atoms with Crippen LogP contribution in [-0.2, 0) is 16.1 Å². The van der Waals surface area contributed by atoms with Crippen LogP contribution in [0.25, 0.3) is 0 Å². The molecule has 166 valence electrons. The number of nitriles is 1. The second-order valence-corrected chi connectivity index (χ2v) is 7.63. The molecule has 1 fully saturated rings. The number of amides is 2. The molecule has 2 atom stereocenters. The molecule has 33 heavy (non-hydrogen) atoms. The zero-order valence-electron chi connectivity index (χ0n) is 17.7. The number of pyridine rings is 1. The summed E-state index contributed by atoms with van der Waals surface area (Å²) in [6.45, 7) is -0.0206. The second-order valence-electron chi connectivity index (χ2n) is 7.63. The van der Waals surface area contributed by atoms with Crippen molar-refractivity contribution in [3.8, 4) is 6.07 Å². The quantitative estimate of drug-likeness (QED) is 0.606. The number of aliphatic hydroxyl groups excluding tert-OH is 1. The van der Waals surface area contributed by atoms with Gasteiger partial charge in [0.25, 0.3) is 5.91 Å². The Morgan fingerprint density at radius 2 is 2.03 bits per heavy atom. The highest BCUT2D eigenvalue weighted by Crippen LogP contribution is 2.31. The molecule has 0 aliphatic carbocycles. The predicted molar refractivity (Wildman–Crippen MR) is 120 cm³/mol. The summed E-state index contributed by atoms with van der Waals surface area (Å²) in [5.74, 6) is -0.520. The van der Waals surface area contributed by atoms with Crippen molar-refractivity contribution in [2.75, 3.05) is 18.5 Å². The lowest BCUT2D eigenvalue weighted by molar-refractivity contribution is -0.162. The van der Waals surface area contributed by atoms with Crippen molar-refractivity contribution in [3.05, 3.63) is 95.3 Å². The fourth-order valence-corrected chi connectivity index (χ4v) is 3.80. The van der Waals surface area contributed by atoms with E-state index in [4.69, 9.17) is 10.00 Å². The summed E-state index contributed by atoms with van der Waals surface area (Å²) >= 11 is 0. The molecule has 2 aromatic carbocycles. The van der Waals surface area contributed by atoms with Crippen molar-refractivity contribution in [2.24, 2.45) is 0 Å². The van der Waals surface area contributed by atoms with Crippen LogP contribution in [0.1, 0.15) is 33.2 Å². The maximum atomic E-state index is 12.5. The van der Waals surface area contributed by atoms with Crippen LogP contribution >= 0.6 is 0 Å². The van der Waals surface area contributed by atoms with Gasteiger partial charge in [-0.1, -0.05) is 24.3 Å². The average Bonchev–Trinajstić information content (AvgIpc) is 2.86. The van der Waals surface area contributed by atoms with Crippen LogP contribution < -0.4 is 5.32 Å². The largest absolute Gasteiger partial charge is 0.394 e. The number of anilines is 1. The molecule has 2 amide bonds. The third-order valence-electron chi connectivity index (χ3n) is 5.47. The van der Waals surface area contributed by atoms with Crippen LogP contribution in [0.5, 0.6) is 0 Å². The minimum Gasteiger partial charge on any atom is -0.394 e. The number of aliphatic hydroxyl groups is 1. The Balaban J connectivity index is 1.48. The third kappa shape index (κ3) is 5.06. The Labute approximate surface area is 191 Å². The first kappa shape index (κ1) is 22.1. The summed E-state index contributed by atoms with van der Waals surface area (Å²) in [5, 5.41) is 21.9. The van der Waals surface area contributed by atoms with Gasteiger partial charge in [-0.05, 0) is 47.5 Å². The second kappa shape index (κ2) is 10.0. The molecule has 3 aromatic rings. The number of hydrogen-bond donors (Lipinski definition) is 2. The highest BCUT2D eigenvalue weighted by atomic mass is 16.5. The summed E-state index contributed by atoms with van der Waals surface area (Å²) in [6, 6.07) is 18.7. The van der Waals surface area contributed by atoms with Gasteiger partial charge in [0, 0.05) is 30.2 Å². The minimum atomic E-state index is -0.555. The van der Waals surface area contributed by atoms with E-state index in [-0.39, 0.29) is 25.0 Å². The fraction of sp³-hybridized carbons (Fsp3) is 0.200. The van der Waals surface area contributed by atoms with E-state index >= 15 is 0 Å². The third-order valence-corrected chi connectivity index (χ3v) is 5.47. The summed E-state index contributed by atoms with van der Waals surface area (Å²) in [4.78, 5) is 30.7. The van der Waals surface area contributed by atoms with Gasteiger partial charge in [-0.3, -0.25) is 14.6 Å². The normalized spacial score (nSPS) is 17.9. The lowest BCUT2D eigenvalue weighted by Gasteiger charge is -2.40. The van der Waals surface area contributed by atoms with E-state index < -0.39 is 12.1 Å². The van der Waals surface area contributed by atoms with Crippen molar-refractivity contribution in [3.63, 3.8) is 0 Å². The van der Waals surface area contributed by atoms with Crippen LogP contribution in [0.15, 0.2) is 73.1 Å². The number of nitrogens with zero attached hydrogens (tertiary/aromatic N) is 3. The number of hydrogen-bond acceptors (Lipinski definition) is 6. The molecule has 2 N–H and O–H groups in total. The average molecular weight is 442 g/mol. The minimum absolute atomic E-state index is 0.0881. The van der Waals surface area contributed by atoms with Crippen molar-refractivity contribution >= 4 is 17.5 Å². The number of carbonyl (C=O) groups is 2. The summed E-state index contributed by atoms with van der Waals surface area (Å²) in [6.07, 6.45) is 2.84. The van der Waals surface area contributed by atoms with E-state index in [0.29, 0.717) is 23.4 Å². The van der Waals surface area contributed by atoms with Crippen molar-refractivity contribution in [1.29, 1.82) is 5.26 Å². The van der Waals surface area contributed by atoms with Gasteiger partial charge in [-0.25, -0.2) is 0 Å². The molecule has 8 nitrogen and oxygen atoms in total. The molecule has 1 aliphatic rings. The van der Waals surface area contributed by atoms with E-state index in [1.807, 2.05) is 12.1 Å². The van der Waals surface area contributed by atoms with Crippen LogP contribution in [0.3, 0.4) is 0 Å². The van der Waals surface area contributed by atoms with E-state index in [0.717, 1.165) is 11.1 Å². The summed E-state index contributed by atoms with van der Waals surface area (Å²) in [7, 11) is 0. The Bertz CT molecular complexity index is 1180. The van der Waals surface area contributed by atoms with Crippen LogP contribution in [-0.4, -0.2) is 46.1 Å². The molecule has 1 aromatic heterocycles. The predicted octanol–water partition coefficient (Wildman–Crippen LogP) is 2.67. The molecule has 0 spiro atoms. The number of rotatable bonds is 6. The first-order valence-electron chi connectivity index (χ1n) is 10.4. The van der Waals surface area contributed by atoms with Gasteiger partial charge < -0.3 is 20.1 Å². The molecule has 4 rings (SSSR count). The number of nitrogens with one attached hydrogen (secondary N) is 1. The number of morpholine rings is 1. The highest BCUT2D eigenvalue weighted by molar-refractivity contribution is 6.04. The lowest BCUT2D eigenvalue weighted by atomic mass is 9.98. The zero-order valence-corrected chi connectivity index (χ0v) is 17.7. The molecule has 1 aliphatic heterocycles. The van der Waals surface area contributed by atoms with Crippen molar-refractivity contribution in [2.45, 2.75) is 18.7 Å². The molecule has 2 heterocycles. The summed E-state index contributed by atoms with van der Waals surface area (Å²) < 4.78 is 5.78. The van der Waals surface area contributed by atoms with Gasteiger partial charge in [-0.2, -0.15) is 5.26 Å². The molecule has 0 bridgehead atoms. The Hall–Kier alpha value is -4.06. The van der Waals surface area contributed by atoms with Gasteiger partial charge >= 0.3 is 0 Å². The maximum absolute atomic E-state index is 12.5. The first-order valence-corrected chi connectivity index (χ1v) is 10.4. The van der Waals surface area contributed by atoms with E-state index in [1.54, 1.807) is 65.8 Å². The van der Waals surface area contributed by atoms with Crippen molar-refractivity contribution in [1.82, 2.24) is 9.88 Å². The zero-order chi connectivity index (χ0) is 23.2. The van der Waals surface area contributed by atoms with Gasteiger partial charge in [0.15, 0.2) is 0 Å². The van der Waals surface area contributed by atoms with Crippen molar-refractivity contribution < 1.29 is 19.4 Å². The van der Waals surface area contributed by atoms with E-state index in [1.165, 1.54) is 6.07 Å². The Morgan fingerprint density at radius 1 is 1.21 bits per heavy atom. The first-order chi connectivity index (χ1) is 16.1. The molecular weight excluding hydrogens is 420 g/mol. The standard InChI is InChI=1S/C25H22N4O4/c26-12-17-3-1-5-20(11-17)25(32)28-21-8-6-19(7-9-21)24-22(15-30)29(23(31)16-33-24)14-18-4-2-10-27-13-18/h1-11,13,22,24,30H,14-16H2,(H,28,32). The topological polar surface area (TPSA) is 116 Å². The fourth-order valence-electron chi connectivity index (χ4n) is 3.80.